The standard InChI is InChI=1S/C14H13ClFNO/c1-9-5-6-12(17)13(7-9)18-8-10-3-2-4-11(15)14(10)16/h2-7H,8,17H2,1H3. The first-order valence-electron chi connectivity index (χ1n) is 5.50. The van der Waals surface area contributed by atoms with Crippen molar-refractivity contribution in [3.05, 3.63) is 58.4 Å². The van der Waals surface area contributed by atoms with Crippen molar-refractivity contribution in [3.63, 3.8) is 0 Å². The molecular formula is C14H13ClFNO. The van der Waals surface area contributed by atoms with E-state index in [1.54, 1.807) is 18.2 Å². The maximum Gasteiger partial charge on any atom is 0.148 e. The average Bonchev–Trinajstić information content (AvgIpc) is 2.35. The zero-order chi connectivity index (χ0) is 13.1. The highest BCUT2D eigenvalue weighted by atomic mass is 35.5. The van der Waals surface area contributed by atoms with Crippen molar-refractivity contribution < 1.29 is 9.13 Å². The maximum absolute atomic E-state index is 13.6. The summed E-state index contributed by atoms with van der Waals surface area (Å²) in [6.45, 7) is 2.03. The summed E-state index contributed by atoms with van der Waals surface area (Å²) in [6, 6.07) is 10.3. The van der Waals surface area contributed by atoms with Crippen LogP contribution in [0.25, 0.3) is 0 Å². The molecule has 0 aromatic heterocycles. The summed E-state index contributed by atoms with van der Waals surface area (Å²) in [5.41, 5.74) is 7.75. The van der Waals surface area contributed by atoms with Gasteiger partial charge in [0.15, 0.2) is 0 Å². The molecule has 18 heavy (non-hydrogen) atoms. The third-order valence-electron chi connectivity index (χ3n) is 2.58. The first kappa shape index (κ1) is 12.7. The minimum Gasteiger partial charge on any atom is -0.487 e. The highest BCUT2D eigenvalue weighted by molar-refractivity contribution is 6.30. The first-order valence-corrected chi connectivity index (χ1v) is 5.87. The van der Waals surface area contributed by atoms with Gasteiger partial charge in [0, 0.05) is 5.56 Å². The summed E-state index contributed by atoms with van der Waals surface area (Å²) in [5.74, 6) is 0.0970. The second-order valence-corrected chi connectivity index (χ2v) is 4.45. The fourth-order valence-electron chi connectivity index (χ4n) is 1.58. The molecule has 0 aliphatic carbocycles. The number of halogens is 2. The molecule has 0 amide bonds. The Morgan fingerprint density at radius 1 is 1.28 bits per heavy atom. The van der Waals surface area contributed by atoms with Crippen LogP contribution in [0, 0.1) is 12.7 Å². The number of anilines is 1. The highest BCUT2D eigenvalue weighted by Crippen LogP contribution is 2.25. The fourth-order valence-corrected chi connectivity index (χ4v) is 1.78. The van der Waals surface area contributed by atoms with Crippen LogP contribution in [0.15, 0.2) is 36.4 Å². The lowest BCUT2D eigenvalue weighted by Crippen LogP contribution is -2.01. The van der Waals surface area contributed by atoms with Crippen molar-refractivity contribution in [2.45, 2.75) is 13.5 Å². The molecular weight excluding hydrogens is 253 g/mol. The number of hydrogen-bond donors (Lipinski definition) is 1. The highest BCUT2D eigenvalue weighted by Gasteiger charge is 2.08. The summed E-state index contributed by atoms with van der Waals surface area (Å²) in [6.07, 6.45) is 0. The van der Waals surface area contributed by atoms with Crippen LogP contribution in [-0.4, -0.2) is 0 Å². The second-order valence-electron chi connectivity index (χ2n) is 4.04. The lowest BCUT2D eigenvalue weighted by Gasteiger charge is -2.10. The minimum atomic E-state index is -0.453. The van der Waals surface area contributed by atoms with Crippen LogP contribution in [0.2, 0.25) is 5.02 Å². The molecule has 0 heterocycles. The molecule has 0 bridgehead atoms. The van der Waals surface area contributed by atoms with Crippen LogP contribution in [0.5, 0.6) is 5.75 Å². The van der Waals surface area contributed by atoms with Gasteiger partial charge >= 0.3 is 0 Å². The number of benzene rings is 2. The normalized spacial score (nSPS) is 10.4. The second kappa shape index (κ2) is 5.27. The third kappa shape index (κ3) is 2.74. The van der Waals surface area contributed by atoms with Gasteiger partial charge in [0.1, 0.15) is 18.2 Å². The van der Waals surface area contributed by atoms with E-state index >= 15 is 0 Å². The van der Waals surface area contributed by atoms with Gasteiger partial charge in [-0.25, -0.2) is 4.39 Å². The van der Waals surface area contributed by atoms with Crippen molar-refractivity contribution in [1.29, 1.82) is 0 Å². The molecule has 2 N–H and O–H groups in total. The monoisotopic (exact) mass is 265 g/mol. The lowest BCUT2D eigenvalue weighted by molar-refractivity contribution is 0.301. The van der Waals surface area contributed by atoms with E-state index in [2.05, 4.69) is 0 Å². The molecule has 2 nitrogen and oxygen atoms in total. The molecule has 0 unspecified atom stereocenters. The number of nitrogens with two attached hydrogens (primary N) is 1. The van der Waals surface area contributed by atoms with Crippen LogP contribution in [0.4, 0.5) is 10.1 Å². The van der Waals surface area contributed by atoms with E-state index < -0.39 is 5.82 Å². The summed E-state index contributed by atoms with van der Waals surface area (Å²) >= 11 is 5.70. The van der Waals surface area contributed by atoms with E-state index in [1.807, 2.05) is 19.1 Å². The number of aryl methyl sites for hydroxylation is 1. The van der Waals surface area contributed by atoms with E-state index in [0.29, 0.717) is 17.0 Å². The van der Waals surface area contributed by atoms with Crippen molar-refractivity contribution >= 4 is 17.3 Å². The topological polar surface area (TPSA) is 35.2 Å². The van der Waals surface area contributed by atoms with E-state index in [0.717, 1.165) is 5.56 Å². The Hall–Kier alpha value is -1.74. The van der Waals surface area contributed by atoms with E-state index in [-0.39, 0.29) is 11.6 Å². The lowest BCUT2D eigenvalue weighted by atomic mass is 10.2. The van der Waals surface area contributed by atoms with Crippen molar-refractivity contribution in [2.24, 2.45) is 0 Å². The largest absolute Gasteiger partial charge is 0.487 e. The van der Waals surface area contributed by atoms with Gasteiger partial charge in [0.05, 0.1) is 10.7 Å². The Kier molecular flexibility index (Phi) is 3.72. The van der Waals surface area contributed by atoms with Crippen molar-refractivity contribution in [2.75, 3.05) is 5.73 Å². The van der Waals surface area contributed by atoms with Crippen LogP contribution >= 0.6 is 11.6 Å². The fraction of sp³-hybridized carbons (Fsp3) is 0.143. The van der Waals surface area contributed by atoms with Crippen LogP contribution in [0.1, 0.15) is 11.1 Å². The molecule has 2 aromatic carbocycles. The Balaban J connectivity index is 2.16. The van der Waals surface area contributed by atoms with Crippen LogP contribution in [-0.2, 0) is 6.61 Å². The van der Waals surface area contributed by atoms with Gasteiger partial charge in [-0.2, -0.15) is 0 Å². The van der Waals surface area contributed by atoms with E-state index in [9.17, 15) is 4.39 Å². The predicted octanol–water partition coefficient (Wildman–Crippen LogP) is 3.95. The van der Waals surface area contributed by atoms with Crippen molar-refractivity contribution in [1.82, 2.24) is 0 Å². The molecule has 0 saturated carbocycles. The number of hydrogen-bond acceptors (Lipinski definition) is 2. The Morgan fingerprint density at radius 2 is 2.06 bits per heavy atom. The molecule has 0 aliphatic heterocycles. The molecule has 4 heteroatoms. The Labute approximate surface area is 110 Å². The van der Waals surface area contributed by atoms with Gasteiger partial charge in [0.25, 0.3) is 0 Å². The Bertz CT molecular complexity index is 570. The third-order valence-corrected chi connectivity index (χ3v) is 2.88. The van der Waals surface area contributed by atoms with Gasteiger partial charge in [-0.3, -0.25) is 0 Å². The van der Waals surface area contributed by atoms with Crippen LogP contribution < -0.4 is 10.5 Å². The van der Waals surface area contributed by atoms with Gasteiger partial charge in [-0.1, -0.05) is 29.8 Å². The minimum absolute atomic E-state index is 0.0910. The molecule has 2 rings (SSSR count). The van der Waals surface area contributed by atoms with Gasteiger partial charge in [-0.05, 0) is 30.7 Å². The summed E-state index contributed by atoms with van der Waals surface area (Å²) < 4.78 is 19.2. The smallest absolute Gasteiger partial charge is 0.148 e. The van der Waals surface area contributed by atoms with Gasteiger partial charge < -0.3 is 10.5 Å². The van der Waals surface area contributed by atoms with Gasteiger partial charge in [-0.15, -0.1) is 0 Å². The van der Waals surface area contributed by atoms with Crippen LogP contribution in [0.3, 0.4) is 0 Å². The summed E-state index contributed by atoms with van der Waals surface area (Å²) in [4.78, 5) is 0. The molecule has 0 saturated heterocycles. The zero-order valence-corrected chi connectivity index (χ0v) is 10.7. The molecule has 0 fully saturated rings. The zero-order valence-electron chi connectivity index (χ0n) is 9.91. The van der Waals surface area contributed by atoms with Gasteiger partial charge in [0.2, 0.25) is 0 Å². The Morgan fingerprint density at radius 3 is 2.83 bits per heavy atom. The maximum atomic E-state index is 13.6. The first-order chi connectivity index (χ1) is 8.58. The molecule has 0 spiro atoms. The summed E-state index contributed by atoms with van der Waals surface area (Å²) in [7, 11) is 0. The molecule has 94 valence electrons. The van der Waals surface area contributed by atoms with E-state index in [1.165, 1.54) is 6.07 Å². The molecule has 2 aromatic rings. The molecule has 0 aliphatic rings. The number of ether oxygens (including phenoxy) is 1. The quantitative estimate of drug-likeness (QED) is 0.853. The number of nitrogen functional groups attached to an aromatic ring is 1. The number of rotatable bonds is 3. The SMILES string of the molecule is Cc1ccc(N)c(OCc2cccc(Cl)c2F)c1. The van der Waals surface area contributed by atoms with Crippen molar-refractivity contribution in [3.8, 4) is 5.75 Å². The van der Waals surface area contributed by atoms with E-state index in [4.69, 9.17) is 22.1 Å². The molecule has 0 atom stereocenters. The average molecular weight is 266 g/mol. The summed E-state index contributed by atoms with van der Waals surface area (Å²) in [5, 5.41) is 0.0910. The molecule has 0 radical (unpaired) electrons. The predicted molar refractivity (Wildman–Crippen MR) is 71.3 cm³/mol.